The Bertz CT molecular complexity index is 853. The Balaban J connectivity index is 1.42. The standard InChI is InChI=1S/C19H22BrN5/c1-24-18-16(17(20)23-24)19(22-13-21-18)25-11-9-15(10-12-25)8-7-14-5-3-2-4-6-14/h2-6,13,15H,7-12H2,1H3. The molecule has 0 aliphatic carbocycles. The number of fused-ring (bicyclic) bond motifs is 1. The number of halogens is 1. The Hall–Kier alpha value is -1.95. The lowest BCUT2D eigenvalue weighted by Crippen LogP contribution is -2.34. The SMILES string of the molecule is Cn1nc(Br)c2c(N3CCC(CCc4ccccc4)CC3)ncnc21. The largest absolute Gasteiger partial charge is 0.356 e. The van der Waals surface area contributed by atoms with Gasteiger partial charge in [0, 0.05) is 20.1 Å². The van der Waals surface area contributed by atoms with Crippen LogP contribution in [0.5, 0.6) is 0 Å². The third-order valence-corrected chi connectivity index (χ3v) is 5.71. The molecule has 0 bridgehead atoms. The van der Waals surface area contributed by atoms with Crippen LogP contribution in [0.2, 0.25) is 0 Å². The molecule has 25 heavy (non-hydrogen) atoms. The molecule has 0 N–H and O–H groups in total. The molecule has 3 heterocycles. The molecule has 1 fully saturated rings. The monoisotopic (exact) mass is 399 g/mol. The van der Waals surface area contributed by atoms with E-state index in [1.54, 1.807) is 11.0 Å². The van der Waals surface area contributed by atoms with Crippen molar-refractivity contribution in [1.82, 2.24) is 19.7 Å². The fourth-order valence-electron chi connectivity index (χ4n) is 3.71. The smallest absolute Gasteiger partial charge is 0.164 e. The van der Waals surface area contributed by atoms with Gasteiger partial charge in [-0.15, -0.1) is 0 Å². The first kappa shape index (κ1) is 16.5. The fraction of sp³-hybridized carbons (Fsp3) is 0.421. The van der Waals surface area contributed by atoms with E-state index < -0.39 is 0 Å². The molecule has 130 valence electrons. The van der Waals surface area contributed by atoms with Crippen LogP contribution >= 0.6 is 15.9 Å². The first-order valence-corrected chi connectivity index (χ1v) is 9.64. The van der Waals surface area contributed by atoms with Gasteiger partial charge in [-0.25, -0.2) is 14.6 Å². The summed E-state index contributed by atoms with van der Waals surface area (Å²) in [5, 5.41) is 5.45. The highest BCUT2D eigenvalue weighted by molar-refractivity contribution is 9.10. The van der Waals surface area contributed by atoms with E-state index in [2.05, 4.69) is 66.2 Å². The van der Waals surface area contributed by atoms with Crippen LogP contribution in [0.1, 0.15) is 24.8 Å². The normalized spacial score (nSPS) is 15.8. The number of aromatic nitrogens is 4. The first-order valence-electron chi connectivity index (χ1n) is 8.84. The second kappa shape index (κ2) is 7.12. The quantitative estimate of drug-likeness (QED) is 0.665. The van der Waals surface area contributed by atoms with Crippen LogP contribution in [0.3, 0.4) is 0 Å². The van der Waals surface area contributed by atoms with E-state index in [1.165, 1.54) is 31.2 Å². The van der Waals surface area contributed by atoms with Crippen molar-refractivity contribution in [2.24, 2.45) is 13.0 Å². The first-order chi connectivity index (χ1) is 12.2. The second-order valence-corrected chi connectivity index (χ2v) is 7.52. The third kappa shape index (κ3) is 3.40. The Morgan fingerprint density at radius 1 is 1.12 bits per heavy atom. The summed E-state index contributed by atoms with van der Waals surface area (Å²) in [4.78, 5) is 11.3. The van der Waals surface area contributed by atoms with Crippen LogP contribution < -0.4 is 4.90 Å². The number of hydrogen-bond acceptors (Lipinski definition) is 4. The number of nitrogens with zero attached hydrogens (tertiary/aromatic N) is 5. The zero-order valence-electron chi connectivity index (χ0n) is 14.4. The predicted octanol–water partition coefficient (Wildman–Crippen LogP) is 3.98. The number of aryl methyl sites for hydroxylation is 2. The Kier molecular flexibility index (Phi) is 4.70. The van der Waals surface area contributed by atoms with Gasteiger partial charge < -0.3 is 4.90 Å². The van der Waals surface area contributed by atoms with Gasteiger partial charge in [-0.05, 0) is 53.1 Å². The van der Waals surface area contributed by atoms with E-state index in [-0.39, 0.29) is 0 Å². The van der Waals surface area contributed by atoms with Crippen molar-refractivity contribution >= 4 is 32.8 Å². The van der Waals surface area contributed by atoms with Gasteiger partial charge in [-0.3, -0.25) is 0 Å². The van der Waals surface area contributed by atoms with Crippen LogP contribution in [-0.4, -0.2) is 32.8 Å². The molecule has 6 heteroatoms. The summed E-state index contributed by atoms with van der Waals surface area (Å²) in [6, 6.07) is 10.8. The number of benzene rings is 1. The average molecular weight is 400 g/mol. The highest BCUT2D eigenvalue weighted by Gasteiger charge is 2.23. The van der Waals surface area contributed by atoms with Crippen LogP contribution in [0, 0.1) is 5.92 Å². The molecule has 3 aromatic rings. The van der Waals surface area contributed by atoms with Crippen molar-refractivity contribution in [3.63, 3.8) is 0 Å². The van der Waals surface area contributed by atoms with Gasteiger partial charge in [0.15, 0.2) is 5.65 Å². The summed E-state index contributed by atoms with van der Waals surface area (Å²) < 4.78 is 2.63. The maximum Gasteiger partial charge on any atom is 0.164 e. The van der Waals surface area contributed by atoms with Crippen molar-refractivity contribution in [2.75, 3.05) is 18.0 Å². The van der Waals surface area contributed by atoms with E-state index in [0.717, 1.165) is 40.5 Å². The summed E-state index contributed by atoms with van der Waals surface area (Å²) in [7, 11) is 1.92. The van der Waals surface area contributed by atoms with Gasteiger partial charge in [-0.1, -0.05) is 30.3 Å². The van der Waals surface area contributed by atoms with Crippen molar-refractivity contribution in [2.45, 2.75) is 25.7 Å². The minimum Gasteiger partial charge on any atom is -0.356 e. The molecule has 1 saturated heterocycles. The zero-order valence-corrected chi connectivity index (χ0v) is 16.0. The van der Waals surface area contributed by atoms with E-state index in [9.17, 15) is 0 Å². The van der Waals surface area contributed by atoms with Crippen LogP contribution in [-0.2, 0) is 13.5 Å². The molecule has 1 aromatic carbocycles. The molecular formula is C19H22BrN5. The summed E-state index contributed by atoms with van der Waals surface area (Å²) in [6.07, 6.45) is 6.53. The van der Waals surface area contributed by atoms with Gasteiger partial charge in [0.1, 0.15) is 16.7 Å². The van der Waals surface area contributed by atoms with E-state index >= 15 is 0 Å². The lowest BCUT2D eigenvalue weighted by molar-refractivity contribution is 0.381. The molecule has 5 nitrogen and oxygen atoms in total. The summed E-state index contributed by atoms with van der Waals surface area (Å²) in [5.74, 6) is 1.80. The van der Waals surface area contributed by atoms with E-state index in [0.29, 0.717) is 0 Å². The topological polar surface area (TPSA) is 46.8 Å². The molecule has 0 spiro atoms. The van der Waals surface area contributed by atoms with E-state index in [4.69, 9.17) is 0 Å². The highest BCUT2D eigenvalue weighted by atomic mass is 79.9. The van der Waals surface area contributed by atoms with Gasteiger partial charge in [0.2, 0.25) is 0 Å². The van der Waals surface area contributed by atoms with Crippen LogP contribution in [0.4, 0.5) is 5.82 Å². The summed E-state index contributed by atoms with van der Waals surface area (Å²) >= 11 is 3.56. The Morgan fingerprint density at radius 3 is 2.64 bits per heavy atom. The lowest BCUT2D eigenvalue weighted by Gasteiger charge is -2.33. The number of anilines is 1. The van der Waals surface area contributed by atoms with Crippen molar-refractivity contribution in [3.05, 3.63) is 46.8 Å². The average Bonchev–Trinajstić information content (AvgIpc) is 2.96. The molecule has 2 aromatic heterocycles. The van der Waals surface area contributed by atoms with Crippen LogP contribution in [0.15, 0.2) is 41.3 Å². The molecule has 0 amide bonds. The zero-order chi connectivity index (χ0) is 17.2. The Labute approximate surface area is 156 Å². The van der Waals surface area contributed by atoms with Gasteiger partial charge in [-0.2, -0.15) is 5.10 Å². The molecule has 0 atom stereocenters. The highest BCUT2D eigenvalue weighted by Crippen LogP contribution is 2.32. The summed E-state index contributed by atoms with van der Waals surface area (Å²) in [5.41, 5.74) is 2.32. The molecular weight excluding hydrogens is 378 g/mol. The predicted molar refractivity (Wildman–Crippen MR) is 104 cm³/mol. The molecule has 0 saturated carbocycles. The minimum atomic E-state index is 0.797. The number of piperidine rings is 1. The fourth-order valence-corrected chi connectivity index (χ4v) is 4.31. The van der Waals surface area contributed by atoms with Crippen molar-refractivity contribution in [1.29, 1.82) is 0 Å². The van der Waals surface area contributed by atoms with Gasteiger partial charge in [0.05, 0.1) is 5.39 Å². The second-order valence-electron chi connectivity index (χ2n) is 6.76. The number of hydrogen-bond donors (Lipinski definition) is 0. The number of rotatable bonds is 4. The molecule has 1 aliphatic heterocycles. The maximum absolute atomic E-state index is 4.55. The Morgan fingerprint density at radius 2 is 1.88 bits per heavy atom. The molecule has 0 unspecified atom stereocenters. The van der Waals surface area contributed by atoms with Gasteiger partial charge >= 0.3 is 0 Å². The van der Waals surface area contributed by atoms with Crippen LogP contribution in [0.25, 0.3) is 11.0 Å². The maximum atomic E-state index is 4.55. The molecule has 1 aliphatic rings. The van der Waals surface area contributed by atoms with Gasteiger partial charge in [0.25, 0.3) is 0 Å². The van der Waals surface area contributed by atoms with Crippen molar-refractivity contribution < 1.29 is 0 Å². The third-order valence-electron chi connectivity index (χ3n) is 5.16. The molecule has 4 rings (SSSR count). The van der Waals surface area contributed by atoms with E-state index in [1.807, 2.05) is 7.05 Å². The summed E-state index contributed by atoms with van der Waals surface area (Å²) in [6.45, 7) is 2.10. The lowest BCUT2D eigenvalue weighted by atomic mass is 9.90. The van der Waals surface area contributed by atoms with Crippen molar-refractivity contribution in [3.8, 4) is 0 Å². The molecule has 0 radical (unpaired) electrons. The minimum absolute atomic E-state index is 0.797.